The molecule has 1 fully saturated rings. The van der Waals surface area contributed by atoms with E-state index in [9.17, 15) is 0 Å². The molecular formula is C9H15NO. The fourth-order valence-corrected chi connectivity index (χ4v) is 1.37. The fourth-order valence-electron chi connectivity index (χ4n) is 1.37. The Labute approximate surface area is 68.2 Å². The Morgan fingerprint density at radius 1 is 1.55 bits per heavy atom. The van der Waals surface area contributed by atoms with Crippen molar-refractivity contribution in [2.45, 2.75) is 38.7 Å². The summed E-state index contributed by atoms with van der Waals surface area (Å²) < 4.78 is 5.53. The molecule has 0 spiro atoms. The fraction of sp³-hybridized carbons (Fsp3) is 0.889. The molecule has 0 aliphatic heterocycles. The van der Waals surface area contributed by atoms with Gasteiger partial charge in [-0.3, -0.25) is 0 Å². The van der Waals surface area contributed by atoms with Gasteiger partial charge in [-0.15, -0.1) is 0 Å². The van der Waals surface area contributed by atoms with Crippen LogP contribution in [-0.2, 0) is 4.74 Å². The molecule has 0 radical (unpaired) electrons. The molecule has 1 rings (SSSR count). The predicted molar refractivity (Wildman–Crippen MR) is 43.0 cm³/mol. The molecule has 0 N–H and O–H groups in total. The topological polar surface area (TPSA) is 33.0 Å². The molecule has 1 aliphatic carbocycles. The number of hydrogen-bond donors (Lipinski definition) is 0. The predicted octanol–water partition coefficient (Wildman–Crippen LogP) is 2.11. The minimum Gasteiger partial charge on any atom is -0.377 e. The van der Waals surface area contributed by atoms with Crippen LogP contribution < -0.4 is 0 Å². The molecule has 62 valence electrons. The van der Waals surface area contributed by atoms with E-state index in [1.54, 1.807) is 0 Å². The zero-order valence-corrected chi connectivity index (χ0v) is 7.05. The number of nitrogens with zero attached hydrogens (tertiary/aromatic N) is 1. The van der Waals surface area contributed by atoms with Crippen LogP contribution in [0.25, 0.3) is 0 Å². The van der Waals surface area contributed by atoms with Crippen LogP contribution in [0.15, 0.2) is 0 Å². The lowest BCUT2D eigenvalue weighted by Crippen LogP contribution is -2.12. The van der Waals surface area contributed by atoms with Crippen LogP contribution in [0.4, 0.5) is 0 Å². The van der Waals surface area contributed by atoms with Gasteiger partial charge < -0.3 is 4.74 Å². The SMILES string of the molecule is CC(C#N)COC1CCCC1. The van der Waals surface area contributed by atoms with E-state index in [0.29, 0.717) is 12.7 Å². The summed E-state index contributed by atoms with van der Waals surface area (Å²) in [7, 11) is 0. The first-order valence-electron chi connectivity index (χ1n) is 4.34. The minimum absolute atomic E-state index is 0.0515. The van der Waals surface area contributed by atoms with Crippen molar-refractivity contribution in [3.05, 3.63) is 0 Å². The van der Waals surface area contributed by atoms with Gasteiger partial charge in [0, 0.05) is 0 Å². The van der Waals surface area contributed by atoms with E-state index in [1.165, 1.54) is 25.7 Å². The van der Waals surface area contributed by atoms with Crippen molar-refractivity contribution in [2.75, 3.05) is 6.61 Å². The summed E-state index contributed by atoms with van der Waals surface area (Å²) in [6.45, 7) is 2.51. The largest absolute Gasteiger partial charge is 0.377 e. The van der Waals surface area contributed by atoms with Gasteiger partial charge in [-0.2, -0.15) is 5.26 Å². The van der Waals surface area contributed by atoms with Gasteiger partial charge in [0.25, 0.3) is 0 Å². The summed E-state index contributed by atoms with van der Waals surface area (Å²) in [5.74, 6) is 0.0515. The van der Waals surface area contributed by atoms with Gasteiger partial charge in [-0.05, 0) is 19.8 Å². The smallest absolute Gasteiger partial charge is 0.0677 e. The van der Waals surface area contributed by atoms with Crippen molar-refractivity contribution in [2.24, 2.45) is 5.92 Å². The Morgan fingerprint density at radius 3 is 2.73 bits per heavy atom. The highest BCUT2D eigenvalue weighted by atomic mass is 16.5. The molecule has 0 amide bonds. The number of ether oxygens (including phenoxy) is 1. The average molecular weight is 153 g/mol. The Bertz CT molecular complexity index is 144. The third-order valence-electron chi connectivity index (χ3n) is 2.10. The van der Waals surface area contributed by atoms with Gasteiger partial charge >= 0.3 is 0 Å². The lowest BCUT2D eigenvalue weighted by Gasteiger charge is -2.11. The highest BCUT2D eigenvalue weighted by molar-refractivity contribution is 4.78. The zero-order chi connectivity index (χ0) is 8.10. The zero-order valence-electron chi connectivity index (χ0n) is 7.05. The molecule has 1 aliphatic rings. The summed E-state index contributed by atoms with van der Waals surface area (Å²) in [6, 6.07) is 2.16. The van der Waals surface area contributed by atoms with Crippen molar-refractivity contribution < 1.29 is 4.74 Å². The standard InChI is InChI=1S/C9H15NO/c1-8(6-10)7-11-9-4-2-3-5-9/h8-9H,2-5,7H2,1H3. The average Bonchev–Trinajstić information content (AvgIpc) is 2.52. The summed E-state index contributed by atoms with van der Waals surface area (Å²) in [5.41, 5.74) is 0. The van der Waals surface area contributed by atoms with Crippen molar-refractivity contribution >= 4 is 0 Å². The third-order valence-corrected chi connectivity index (χ3v) is 2.10. The maximum Gasteiger partial charge on any atom is 0.0677 e. The highest BCUT2D eigenvalue weighted by Crippen LogP contribution is 2.21. The normalized spacial score (nSPS) is 21.5. The third kappa shape index (κ3) is 2.90. The van der Waals surface area contributed by atoms with E-state index in [0.717, 1.165) is 0 Å². The van der Waals surface area contributed by atoms with Crippen LogP contribution in [0.3, 0.4) is 0 Å². The molecule has 1 saturated carbocycles. The summed E-state index contributed by atoms with van der Waals surface area (Å²) in [5, 5.41) is 8.48. The second-order valence-electron chi connectivity index (χ2n) is 3.27. The second kappa shape index (κ2) is 4.35. The first kappa shape index (κ1) is 8.55. The molecular weight excluding hydrogens is 138 g/mol. The van der Waals surface area contributed by atoms with Gasteiger partial charge in [-0.25, -0.2) is 0 Å². The van der Waals surface area contributed by atoms with Crippen LogP contribution >= 0.6 is 0 Å². The summed E-state index contributed by atoms with van der Waals surface area (Å²) >= 11 is 0. The number of hydrogen-bond acceptors (Lipinski definition) is 2. The summed E-state index contributed by atoms with van der Waals surface area (Å²) in [6.07, 6.45) is 5.43. The Kier molecular flexibility index (Phi) is 3.38. The monoisotopic (exact) mass is 153 g/mol. The van der Waals surface area contributed by atoms with E-state index in [2.05, 4.69) is 6.07 Å². The van der Waals surface area contributed by atoms with Crippen LogP contribution in [0.1, 0.15) is 32.6 Å². The van der Waals surface area contributed by atoms with Crippen molar-refractivity contribution in [1.82, 2.24) is 0 Å². The van der Waals surface area contributed by atoms with Crippen LogP contribution in [0, 0.1) is 17.2 Å². The molecule has 0 aromatic carbocycles. The lowest BCUT2D eigenvalue weighted by atomic mass is 10.2. The van der Waals surface area contributed by atoms with Gasteiger partial charge in [-0.1, -0.05) is 12.8 Å². The number of rotatable bonds is 3. The van der Waals surface area contributed by atoms with Gasteiger partial charge in [0.1, 0.15) is 0 Å². The second-order valence-corrected chi connectivity index (χ2v) is 3.27. The molecule has 11 heavy (non-hydrogen) atoms. The Morgan fingerprint density at radius 2 is 2.18 bits per heavy atom. The van der Waals surface area contributed by atoms with Crippen LogP contribution in [0.2, 0.25) is 0 Å². The molecule has 0 aromatic rings. The maximum absolute atomic E-state index is 8.48. The highest BCUT2D eigenvalue weighted by Gasteiger charge is 2.15. The van der Waals surface area contributed by atoms with Gasteiger partial charge in [0.2, 0.25) is 0 Å². The van der Waals surface area contributed by atoms with E-state index >= 15 is 0 Å². The molecule has 2 nitrogen and oxygen atoms in total. The van der Waals surface area contributed by atoms with Crippen molar-refractivity contribution in [1.29, 1.82) is 5.26 Å². The molecule has 0 saturated heterocycles. The molecule has 1 atom stereocenters. The molecule has 0 bridgehead atoms. The number of nitriles is 1. The lowest BCUT2D eigenvalue weighted by molar-refractivity contribution is 0.0469. The van der Waals surface area contributed by atoms with Crippen LogP contribution in [-0.4, -0.2) is 12.7 Å². The molecule has 1 unspecified atom stereocenters. The van der Waals surface area contributed by atoms with Gasteiger partial charge in [0.05, 0.1) is 24.7 Å². The van der Waals surface area contributed by atoms with Crippen molar-refractivity contribution in [3.63, 3.8) is 0 Å². The molecule has 0 heterocycles. The van der Waals surface area contributed by atoms with E-state index in [4.69, 9.17) is 10.00 Å². The molecule has 2 heteroatoms. The van der Waals surface area contributed by atoms with E-state index < -0.39 is 0 Å². The van der Waals surface area contributed by atoms with E-state index in [1.807, 2.05) is 6.92 Å². The minimum atomic E-state index is 0.0515. The van der Waals surface area contributed by atoms with Gasteiger partial charge in [0.15, 0.2) is 0 Å². The first-order chi connectivity index (χ1) is 5.33. The van der Waals surface area contributed by atoms with E-state index in [-0.39, 0.29) is 5.92 Å². The quantitative estimate of drug-likeness (QED) is 0.622. The maximum atomic E-state index is 8.48. The first-order valence-corrected chi connectivity index (χ1v) is 4.34. The Hall–Kier alpha value is -0.550. The van der Waals surface area contributed by atoms with Crippen LogP contribution in [0.5, 0.6) is 0 Å². The molecule has 0 aromatic heterocycles. The van der Waals surface area contributed by atoms with Crippen molar-refractivity contribution in [3.8, 4) is 6.07 Å². The summed E-state index contributed by atoms with van der Waals surface area (Å²) in [4.78, 5) is 0. The Balaban J connectivity index is 2.07.